The fraction of sp³-hybridized carbons (Fsp3) is 0.250. The molecular formula is C8H12N2O3S. The van der Waals surface area contributed by atoms with Crippen LogP contribution in [0.15, 0.2) is 29.2 Å². The standard InChI is InChI=1S/C8H12N2O3S/c1-10(9)6-7-4-2-3-5-8(7)14(11,12)13/h2-5H,6,9H2,1H3,(H,11,12,13). The summed E-state index contributed by atoms with van der Waals surface area (Å²) in [7, 11) is -2.55. The molecule has 1 aromatic carbocycles. The summed E-state index contributed by atoms with van der Waals surface area (Å²) in [5, 5.41) is 1.34. The zero-order chi connectivity index (χ0) is 10.8. The molecular weight excluding hydrogens is 204 g/mol. The molecule has 0 unspecified atom stereocenters. The Kier molecular flexibility index (Phi) is 3.22. The van der Waals surface area contributed by atoms with Crippen LogP contribution in [-0.4, -0.2) is 25.0 Å². The second-order valence-corrected chi connectivity index (χ2v) is 4.39. The van der Waals surface area contributed by atoms with Crippen molar-refractivity contribution in [1.82, 2.24) is 5.01 Å². The largest absolute Gasteiger partial charge is 0.294 e. The smallest absolute Gasteiger partial charge is 0.282 e. The highest BCUT2D eigenvalue weighted by molar-refractivity contribution is 7.85. The van der Waals surface area contributed by atoms with Crippen LogP contribution in [0.3, 0.4) is 0 Å². The van der Waals surface area contributed by atoms with Crippen molar-refractivity contribution >= 4 is 10.1 Å². The van der Waals surface area contributed by atoms with Crippen LogP contribution in [0.25, 0.3) is 0 Å². The lowest BCUT2D eigenvalue weighted by atomic mass is 10.2. The third-order valence-corrected chi connectivity index (χ3v) is 2.62. The maximum atomic E-state index is 10.9. The summed E-state index contributed by atoms with van der Waals surface area (Å²) in [4.78, 5) is -0.0997. The van der Waals surface area contributed by atoms with E-state index in [1.165, 1.54) is 11.1 Å². The maximum Gasteiger partial charge on any atom is 0.294 e. The highest BCUT2D eigenvalue weighted by Crippen LogP contribution is 2.15. The Hall–Kier alpha value is -0.950. The van der Waals surface area contributed by atoms with Gasteiger partial charge >= 0.3 is 0 Å². The minimum absolute atomic E-state index is 0.0997. The van der Waals surface area contributed by atoms with Crippen molar-refractivity contribution in [2.75, 3.05) is 7.05 Å². The predicted molar refractivity (Wildman–Crippen MR) is 51.9 cm³/mol. The monoisotopic (exact) mass is 216 g/mol. The fourth-order valence-corrected chi connectivity index (χ4v) is 1.87. The average Bonchev–Trinajstić information content (AvgIpc) is 2.01. The maximum absolute atomic E-state index is 10.9. The molecule has 1 aromatic rings. The van der Waals surface area contributed by atoms with Crippen LogP contribution in [0.2, 0.25) is 0 Å². The van der Waals surface area contributed by atoms with Gasteiger partial charge in [-0.3, -0.25) is 10.4 Å². The molecule has 3 N–H and O–H groups in total. The molecule has 0 fully saturated rings. The quantitative estimate of drug-likeness (QED) is 0.429. The van der Waals surface area contributed by atoms with Crippen LogP contribution in [0.5, 0.6) is 0 Å². The molecule has 0 amide bonds. The van der Waals surface area contributed by atoms with Gasteiger partial charge < -0.3 is 0 Å². The molecule has 0 aliphatic heterocycles. The second kappa shape index (κ2) is 4.05. The van der Waals surface area contributed by atoms with E-state index in [4.69, 9.17) is 10.4 Å². The third kappa shape index (κ3) is 2.78. The van der Waals surface area contributed by atoms with Gasteiger partial charge in [0.25, 0.3) is 10.1 Å². The number of hydrogen-bond donors (Lipinski definition) is 2. The van der Waals surface area contributed by atoms with Crippen LogP contribution in [0.1, 0.15) is 5.56 Å². The lowest BCUT2D eigenvalue weighted by molar-refractivity contribution is 0.338. The molecule has 0 atom stereocenters. The van der Waals surface area contributed by atoms with E-state index in [2.05, 4.69) is 0 Å². The van der Waals surface area contributed by atoms with Gasteiger partial charge in [-0.2, -0.15) is 8.42 Å². The van der Waals surface area contributed by atoms with E-state index in [0.717, 1.165) is 0 Å². The average molecular weight is 216 g/mol. The summed E-state index contributed by atoms with van der Waals surface area (Å²) in [5.74, 6) is 5.39. The van der Waals surface area contributed by atoms with E-state index >= 15 is 0 Å². The third-order valence-electron chi connectivity index (χ3n) is 1.67. The van der Waals surface area contributed by atoms with E-state index in [1.807, 2.05) is 0 Å². The summed E-state index contributed by atoms with van der Waals surface area (Å²) in [6, 6.07) is 6.18. The van der Waals surface area contributed by atoms with Crippen LogP contribution in [0.4, 0.5) is 0 Å². The van der Waals surface area contributed by atoms with Crippen LogP contribution in [-0.2, 0) is 16.7 Å². The van der Waals surface area contributed by atoms with Gasteiger partial charge in [-0.15, -0.1) is 0 Å². The highest BCUT2D eigenvalue weighted by Gasteiger charge is 2.14. The Morgan fingerprint density at radius 2 is 2.00 bits per heavy atom. The Morgan fingerprint density at radius 3 is 2.50 bits per heavy atom. The molecule has 0 aliphatic carbocycles. The summed E-state index contributed by atoms with van der Waals surface area (Å²) < 4.78 is 30.8. The lowest BCUT2D eigenvalue weighted by Gasteiger charge is -2.11. The molecule has 6 heteroatoms. The molecule has 5 nitrogen and oxygen atoms in total. The number of benzene rings is 1. The van der Waals surface area contributed by atoms with Gasteiger partial charge in [0.15, 0.2) is 0 Å². The van der Waals surface area contributed by atoms with Crippen molar-refractivity contribution in [2.45, 2.75) is 11.4 Å². The first-order valence-corrected chi connectivity index (χ1v) is 5.36. The first kappa shape index (κ1) is 11.1. The van der Waals surface area contributed by atoms with Gasteiger partial charge in [0.2, 0.25) is 0 Å². The molecule has 0 spiro atoms. The van der Waals surface area contributed by atoms with E-state index in [0.29, 0.717) is 5.56 Å². The minimum atomic E-state index is -4.16. The van der Waals surface area contributed by atoms with Crippen molar-refractivity contribution in [1.29, 1.82) is 0 Å². The SMILES string of the molecule is CN(N)Cc1ccccc1S(=O)(=O)O. The normalized spacial score (nSPS) is 12.0. The Morgan fingerprint density at radius 1 is 1.43 bits per heavy atom. The number of nitrogens with zero attached hydrogens (tertiary/aromatic N) is 1. The fourth-order valence-electron chi connectivity index (χ4n) is 1.15. The summed E-state index contributed by atoms with van der Waals surface area (Å²) in [6.07, 6.45) is 0. The number of hydrazine groups is 1. The number of rotatable bonds is 3. The van der Waals surface area contributed by atoms with E-state index in [9.17, 15) is 8.42 Å². The van der Waals surface area contributed by atoms with E-state index < -0.39 is 10.1 Å². The first-order chi connectivity index (χ1) is 6.41. The molecule has 0 heterocycles. The van der Waals surface area contributed by atoms with Crippen molar-refractivity contribution in [3.8, 4) is 0 Å². The predicted octanol–water partition coefficient (Wildman–Crippen LogP) is 0.239. The molecule has 1 rings (SSSR count). The molecule has 0 radical (unpaired) electrons. The Bertz CT molecular complexity index is 414. The van der Waals surface area contributed by atoms with Crippen molar-refractivity contribution < 1.29 is 13.0 Å². The van der Waals surface area contributed by atoms with Crippen LogP contribution < -0.4 is 5.84 Å². The van der Waals surface area contributed by atoms with E-state index in [1.54, 1.807) is 25.2 Å². The van der Waals surface area contributed by atoms with Gasteiger partial charge in [-0.1, -0.05) is 18.2 Å². The molecule has 0 aromatic heterocycles. The molecule has 0 saturated heterocycles. The molecule has 14 heavy (non-hydrogen) atoms. The van der Waals surface area contributed by atoms with Crippen molar-refractivity contribution in [2.24, 2.45) is 5.84 Å². The lowest BCUT2D eigenvalue weighted by Crippen LogP contribution is -2.25. The highest BCUT2D eigenvalue weighted by atomic mass is 32.2. The van der Waals surface area contributed by atoms with E-state index in [-0.39, 0.29) is 11.4 Å². The number of hydrogen-bond acceptors (Lipinski definition) is 4. The van der Waals surface area contributed by atoms with Gasteiger partial charge in [0, 0.05) is 13.6 Å². The first-order valence-electron chi connectivity index (χ1n) is 3.92. The Balaban J connectivity index is 3.17. The molecule has 0 aliphatic rings. The van der Waals surface area contributed by atoms with Gasteiger partial charge in [-0.25, -0.2) is 5.01 Å². The van der Waals surface area contributed by atoms with Crippen molar-refractivity contribution in [3.63, 3.8) is 0 Å². The van der Waals surface area contributed by atoms with Crippen LogP contribution >= 0.6 is 0 Å². The van der Waals surface area contributed by atoms with Crippen LogP contribution in [0, 0.1) is 0 Å². The Labute approximate surface area is 82.9 Å². The topological polar surface area (TPSA) is 83.6 Å². The molecule has 0 saturated carbocycles. The van der Waals surface area contributed by atoms with Gasteiger partial charge in [0.05, 0.1) is 4.90 Å². The van der Waals surface area contributed by atoms with Gasteiger partial charge in [-0.05, 0) is 11.6 Å². The molecule has 0 bridgehead atoms. The minimum Gasteiger partial charge on any atom is -0.282 e. The van der Waals surface area contributed by atoms with Crippen molar-refractivity contribution in [3.05, 3.63) is 29.8 Å². The number of nitrogens with two attached hydrogens (primary N) is 1. The zero-order valence-corrected chi connectivity index (χ0v) is 8.53. The zero-order valence-electron chi connectivity index (χ0n) is 7.71. The second-order valence-electron chi connectivity index (χ2n) is 3.00. The molecule has 78 valence electrons. The summed E-state index contributed by atoms with van der Waals surface area (Å²) >= 11 is 0. The summed E-state index contributed by atoms with van der Waals surface area (Å²) in [6.45, 7) is 0.260. The van der Waals surface area contributed by atoms with Gasteiger partial charge in [0.1, 0.15) is 0 Å². The summed E-state index contributed by atoms with van der Waals surface area (Å²) in [5.41, 5.74) is 0.472.